The van der Waals surface area contributed by atoms with E-state index in [4.69, 9.17) is 34.8 Å². The lowest BCUT2D eigenvalue weighted by atomic mass is 10.1. The van der Waals surface area contributed by atoms with E-state index in [9.17, 15) is 31.2 Å². The number of carbonyl (C=O) groups is 2. The van der Waals surface area contributed by atoms with Gasteiger partial charge in [-0.2, -0.15) is 13.2 Å². The maximum absolute atomic E-state index is 13.6. The van der Waals surface area contributed by atoms with Crippen molar-refractivity contribution in [1.29, 1.82) is 0 Å². The highest BCUT2D eigenvalue weighted by Crippen LogP contribution is 2.37. The highest BCUT2D eigenvalue weighted by molar-refractivity contribution is 7.92. The molecule has 0 aliphatic rings. The molecule has 1 atom stereocenters. The van der Waals surface area contributed by atoms with Crippen molar-refractivity contribution in [2.45, 2.75) is 52.0 Å². The molecule has 14 heteroatoms. The molecule has 0 saturated carbocycles. The van der Waals surface area contributed by atoms with E-state index in [0.717, 1.165) is 23.3 Å². The van der Waals surface area contributed by atoms with Gasteiger partial charge in [-0.15, -0.1) is 0 Å². The number of carbonyl (C=O) groups excluding carboxylic acids is 2. The van der Waals surface area contributed by atoms with Gasteiger partial charge in [0.05, 0.1) is 22.5 Å². The zero-order valence-electron chi connectivity index (χ0n) is 21.2. The topological polar surface area (TPSA) is 86.8 Å². The third-order valence-corrected chi connectivity index (χ3v) is 7.46. The first-order valence-corrected chi connectivity index (χ1v) is 14.1. The summed E-state index contributed by atoms with van der Waals surface area (Å²) >= 11 is 18.2. The molecular weight excluding hydrogens is 590 g/mol. The van der Waals surface area contributed by atoms with Gasteiger partial charge in [0.1, 0.15) is 12.6 Å². The van der Waals surface area contributed by atoms with Crippen molar-refractivity contribution in [3.05, 3.63) is 62.6 Å². The summed E-state index contributed by atoms with van der Waals surface area (Å²) in [4.78, 5) is 27.6. The fraction of sp³-hybridized carbons (Fsp3) is 0.417. The van der Waals surface area contributed by atoms with E-state index < -0.39 is 62.4 Å². The Morgan fingerprint density at radius 2 is 1.55 bits per heavy atom. The highest BCUT2D eigenvalue weighted by Gasteiger charge is 2.36. The zero-order chi connectivity index (χ0) is 29.2. The van der Waals surface area contributed by atoms with Crippen molar-refractivity contribution in [2.75, 3.05) is 17.1 Å². The average Bonchev–Trinajstić information content (AvgIpc) is 2.74. The van der Waals surface area contributed by atoms with E-state index in [1.54, 1.807) is 26.8 Å². The molecule has 0 spiro atoms. The van der Waals surface area contributed by atoms with Crippen LogP contribution >= 0.6 is 34.8 Å². The summed E-state index contributed by atoms with van der Waals surface area (Å²) in [6.07, 6.45) is -4.13. The van der Waals surface area contributed by atoms with Crippen molar-refractivity contribution in [2.24, 2.45) is 0 Å². The molecule has 0 unspecified atom stereocenters. The van der Waals surface area contributed by atoms with Gasteiger partial charge in [-0.05, 0) is 58.0 Å². The molecule has 2 aromatic rings. The molecule has 0 aromatic heterocycles. The summed E-state index contributed by atoms with van der Waals surface area (Å²) in [6, 6.07) is 5.99. The standard InChI is InChI=1S/C24H27Cl3F3N3O4S/c1-14(22(35)31-23(2,3)4)32(12-16-18(25)7-6-8-19(16)26)21(34)13-33(38(5,36)37)15-9-10-20(27)17(11-15)24(28,29)30/h6-11,14H,12-13H2,1-5H3,(H,31,35)/t14-/m1/s1. The first-order valence-electron chi connectivity index (χ1n) is 11.1. The molecule has 0 aliphatic heterocycles. The van der Waals surface area contributed by atoms with Gasteiger partial charge >= 0.3 is 6.18 Å². The van der Waals surface area contributed by atoms with Gasteiger partial charge < -0.3 is 10.2 Å². The predicted molar refractivity (Wildman–Crippen MR) is 143 cm³/mol. The minimum atomic E-state index is -4.87. The molecule has 38 heavy (non-hydrogen) atoms. The Hall–Kier alpha value is -2.21. The second-order valence-corrected chi connectivity index (χ2v) is 12.7. The molecule has 2 aromatic carbocycles. The van der Waals surface area contributed by atoms with Crippen LogP contribution in [-0.4, -0.2) is 49.5 Å². The number of rotatable bonds is 8. The van der Waals surface area contributed by atoms with Crippen molar-refractivity contribution >= 4 is 62.3 Å². The van der Waals surface area contributed by atoms with Crippen LogP contribution in [0.3, 0.4) is 0 Å². The quantitative estimate of drug-likeness (QED) is 0.409. The molecule has 0 radical (unpaired) electrons. The van der Waals surface area contributed by atoms with E-state index >= 15 is 0 Å². The Labute approximate surface area is 234 Å². The van der Waals surface area contributed by atoms with Gasteiger partial charge in [0.2, 0.25) is 21.8 Å². The summed E-state index contributed by atoms with van der Waals surface area (Å²) in [5, 5.41) is 2.51. The Balaban J connectivity index is 2.55. The fourth-order valence-electron chi connectivity index (χ4n) is 3.41. The number of nitrogens with zero attached hydrogens (tertiary/aromatic N) is 2. The number of amides is 2. The average molecular weight is 617 g/mol. The van der Waals surface area contributed by atoms with Crippen LogP contribution in [-0.2, 0) is 32.3 Å². The first kappa shape index (κ1) is 32.0. The molecule has 2 rings (SSSR count). The molecule has 0 aliphatic carbocycles. The third-order valence-electron chi connectivity index (χ3n) is 5.28. The lowest BCUT2D eigenvalue weighted by molar-refractivity contribution is -0.140. The van der Waals surface area contributed by atoms with E-state index in [0.29, 0.717) is 15.9 Å². The van der Waals surface area contributed by atoms with Crippen molar-refractivity contribution < 1.29 is 31.2 Å². The number of benzene rings is 2. The molecule has 210 valence electrons. The summed E-state index contributed by atoms with van der Waals surface area (Å²) in [6.45, 7) is 5.45. The number of alkyl halides is 3. The van der Waals surface area contributed by atoms with Crippen LogP contribution in [0.5, 0.6) is 0 Å². The van der Waals surface area contributed by atoms with Gasteiger partial charge in [-0.3, -0.25) is 13.9 Å². The maximum Gasteiger partial charge on any atom is 0.417 e. The van der Waals surface area contributed by atoms with Crippen LogP contribution in [0.1, 0.15) is 38.8 Å². The minimum Gasteiger partial charge on any atom is -0.350 e. The summed E-state index contributed by atoms with van der Waals surface area (Å²) in [5.41, 5.74) is -2.05. The minimum absolute atomic E-state index is 0.200. The van der Waals surface area contributed by atoms with Gasteiger partial charge in [-0.25, -0.2) is 8.42 Å². The molecule has 0 heterocycles. The molecule has 0 bridgehead atoms. The summed E-state index contributed by atoms with van der Waals surface area (Å²) in [5.74, 6) is -1.43. The van der Waals surface area contributed by atoms with Gasteiger partial charge in [0, 0.05) is 27.7 Å². The molecule has 7 nitrogen and oxygen atoms in total. The van der Waals surface area contributed by atoms with E-state index in [1.165, 1.54) is 19.1 Å². The molecular formula is C24H27Cl3F3N3O4S. The van der Waals surface area contributed by atoms with Crippen LogP contribution in [0, 0.1) is 0 Å². The lowest BCUT2D eigenvalue weighted by Gasteiger charge is -2.33. The zero-order valence-corrected chi connectivity index (χ0v) is 24.2. The lowest BCUT2D eigenvalue weighted by Crippen LogP contribution is -2.54. The molecule has 0 saturated heterocycles. The third kappa shape index (κ3) is 8.39. The van der Waals surface area contributed by atoms with Crippen LogP contribution in [0.2, 0.25) is 15.1 Å². The Morgan fingerprint density at radius 3 is 2.03 bits per heavy atom. The SMILES string of the molecule is C[C@H](C(=O)NC(C)(C)C)N(Cc1c(Cl)cccc1Cl)C(=O)CN(c1ccc(Cl)c(C(F)(F)F)c1)S(C)(=O)=O. The Kier molecular flexibility index (Phi) is 10.0. The molecule has 1 N–H and O–H groups in total. The Bertz CT molecular complexity index is 1290. The van der Waals surface area contributed by atoms with Crippen molar-refractivity contribution in [3.8, 4) is 0 Å². The highest BCUT2D eigenvalue weighted by atomic mass is 35.5. The number of nitrogens with one attached hydrogen (secondary N) is 1. The number of sulfonamides is 1. The second kappa shape index (κ2) is 11.9. The number of halogens is 6. The van der Waals surface area contributed by atoms with Crippen molar-refractivity contribution in [1.82, 2.24) is 10.2 Å². The summed E-state index contributed by atoms with van der Waals surface area (Å²) < 4.78 is 66.0. The van der Waals surface area contributed by atoms with Crippen molar-refractivity contribution in [3.63, 3.8) is 0 Å². The van der Waals surface area contributed by atoms with Crippen LogP contribution in [0.15, 0.2) is 36.4 Å². The van der Waals surface area contributed by atoms with E-state index in [2.05, 4.69) is 5.32 Å². The largest absolute Gasteiger partial charge is 0.417 e. The number of hydrogen-bond donors (Lipinski definition) is 1. The fourth-order valence-corrected chi connectivity index (χ4v) is 4.99. The molecule has 2 amide bonds. The van der Waals surface area contributed by atoms with E-state index in [-0.39, 0.29) is 16.6 Å². The van der Waals surface area contributed by atoms with Gasteiger partial charge in [0.25, 0.3) is 0 Å². The maximum atomic E-state index is 13.6. The smallest absolute Gasteiger partial charge is 0.350 e. The predicted octanol–water partition coefficient (Wildman–Crippen LogP) is 5.76. The summed E-state index contributed by atoms with van der Waals surface area (Å²) in [7, 11) is -4.26. The van der Waals surface area contributed by atoms with Gasteiger partial charge in [-0.1, -0.05) is 40.9 Å². The van der Waals surface area contributed by atoms with Crippen LogP contribution < -0.4 is 9.62 Å². The number of hydrogen-bond acceptors (Lipinski definition) is 4. The number of anilines is 1. The Morgan fingerprint density at radius 1 is 1.00 bits per heavy atom. The first-order chi connectivity index (χ1) is 17.2. The normalized spacial score (nSPS) is 13.1. The monoisotopic (exact) mass is 615 g/mol. The second-order valence-electron chi connectivity index (χ2n) is 9.57. The van der Waals surface area contributed by atoms with Gasteiger partial charge in [0.15, 0.2) is 0 Å². The molecule has 0 fully saturated rings. The van der Waals surface area contributed by atoms with E-state index in [1.807, 2.05) is 0 Å². The van der Waals surface area contributed by atoms with Crippen LogP contribution in [0.4, 0.5) is 18.9 Å². The van der Waals surface area contributed by atoms with Crippen LogP contribution in [0.25, 0.3) is 0 Å².